The summed E-state index contributed by atoms with van der Waals surface area (Å²) in [6, 6.07) is 10.1. The third-order valence-electron chi connectivity index (χ3n) is 3.45. The van der Waals surface area contributed by atoms with Crippen LogP contribution in [0.25, 0.3) is 16.7 Å². The highest BCUT2D eigenvalue weighted by Gasteiger charge is 2.19. The van der Waals surface area contributed by atoms with Crippen molar-refractivity contribution in [2.75, 3.05) is 5.88 Å². The van der Waals surface area contributed by atoms with Gasteiger partial charge in [0.2, 0.25) is 0 Å². The highest BCUT2D eigenvalue weighted by molar-refractivity contribution is 6.17. The Morgan fingerprint density at radius 3 is 2.62 bits per heavy atom. The summed E-state index contributed by atoms with van der Waals surface area (Å²) >= 11 is 5.81. The predicted octanol–water partition coefficient (Wildman–Crippen LogP) is 4.39. The van der Waals surface area contributed by atoms with Crippen molar-refractivity contribution in [1.29, 1.82) is 0 Å². The van der Waals surface area contributed by atoms with Crippen molar-refractivity contribution in [1.82, 2.24) is 9.55 Å². The fraction of sp³-hybridized carbons (Fsp3) is 0.188. The minimum Gasteiger partial charge on any atom is -0.293 e. The summed E-state index contributed by atoms with van der Waals surface area (Å²) in [5.41, 5.74) is 2.32. The van der Waals surface area contributed by atoms with Crippen molar-refractivity contribution in [2.45, 2.75) is 13.3 Å². The molecule has 0 aliphatic carbocycles. The minimum atomic E-state index is -0.885. The number of nitrogens with zero attached hydrogens (tertiary/aromatic N) is 2. The molecule has 21 heavy (non-hydrogen) atoms. The van der Waals surface area contributed by atoms with Gasteiger partial charge in [0.1, 0.15) is 11.3 Å². The normalized spacial score (nSPS) is 11.2. The van der Waals surface area contributed by atoms with E-state index < -0.39 is 11.6 Å². The molecule has 0 spiro atoms. The molecule has 0 aliphatic rings. The fourth-order valence-electron chi connectivity index (χ4n) is 2.48. The lowest BCUT2D eigenvalue weighted by Crippen LogP contribution is -2.05. The topological polar surface area (TPSA) is 17.8 Å². The monoisotopic (exact) mass is 306 g/mol. The van der Waals surface area contributed by atoms with Crippen molar-refractivity contribution in [3.05, 3.63) is 59.4 Å². The van der Waals surface area contributed by atoms with E-state index in [0.717, 1.165) is 17.3 Å². The molecule has 108 valence electrons. The Morgan fingerprint density at radius 1 is 1.14 bits per heavy atom. The molecule has 2 nitrogen and oxygen atoms in total. The van der Waals surface area contributed by atoms with E-state index in [1.165, 1.54) is 6.07 Å². The second-order valence-electron chi connectivity index (χ2n) is 4.82. The van der Waals surface area contributed by atoms with Gasteiger partial charge in [0.15, 0.2) is 11.6 Å². The number of imidazole rings is 1. The molecular formula is C16H13ClF2N2. The number of hydrogen-bond acceptors (Lipinski definition) is 1. The molecule has 0 saturated heterocycles. The van der Waals surface area contributed by atoms with Gasteiger partial charge in [-0.3, -0.25) is 4.57 Å². The highest BCUT2D eigenvalue weighted by atomic mass is 35.5. The molecule has 0 fully saturated rings. The van der Waals surface area contributed by atoms with Gasteiger partial charge in [-0.05, 0) is 30.7 Å². The fourth-order valence-corrected chi connectivity index (χ4v) is 2.65. The van der Waals surface area contributed by atoms with E-state index in [1.54, 1.807) is 4.57 Å². The van der Waals surface area contributed by atoms with E-state index in [2.05, 4.69) is 4.98 Å². The summed E-state index contributed by atoms with van der Waals surface area (Å²) < 4.78 is 29.5. The zero-order valence-electron chi connectivity index (χ0n) is 11.4. The van der Waals surface area contributed by atoms with Gasteiger partial charge in [0.25, 0.3) is 0 Å². The first-order valence-corrected chi connectivity index (χ1v) is 7.14. The van der Waals surface area contributed by atoms with Crippen molar-refractivity contribution in [2.24, 2.45) is 0 Å². The summed E-state index contributed by atoms with van der Waals surface area (Å²) in [5.74, 6) is -0.781. The number of rotatable bonds is 3. The Hall–Kier alpha value is -1.94. The Morgan fingerprint density at radius 2 is 1.90 bits per heavy atom. The summed E-state index contributed by atoms with van der Waals surface area (Å²) in [5, 5.41) is 0. The number of aromatic nitrogens is 2. The number of aryl methyl sites for hydroxylation is 2. The van der Waals surface area contributed by atoms with Crippen LogP contribution in [0.4, 0.5) is 8.78 Å². The van der Waals surface area contributed by atoms with E-state index in [0.29, 0.717) is 23.6 Å². The predicted molar refractivity (Wildman–Crippen MR) is 80.1 cm³/mol. The lowest BCUT2D eigenvalue weighted by molar-refractivity contribution is 0.514. The molecule has 0 unspecified atom stereocenters. The molecule has 0 saturated carbocycles. The summed E-state index contributed by atoms with van der Waals surface area (Å²) in [6.07, 6.45) is 0.478. The number of hydrogen-bond donors (Lipinski definition) is 0. The van der Waals surface area contributed by atoms with Crippen LogP contribution >= 0.6 is 11.6 Å². The molecule has 3 rings (SSSR count). The van der Waals surface area contributed by atoms with Crippen molar-refractivity contribution in [3.8, 4) is 5.69 Å². The lowest BCUT2D eigenvalue weighted by Gasteiger charge is -2.12. The van der Waals surface area contributed by atoms with Crippen molar-refractivity contribution in [3.63, 3.8) is 0 Å². The second-order valence-corrected chi connectivity index (χ2v) is 5.20. The summed E-state index contributed by atoms with van der Waals surface area (Å²) in [7, 11) is 0. The first-order valence-electron chi connectivity index (χ1n) is 6.60. The molecule has 0 bridgehead atoms. The molecule has 0 aliphatic heterocycles. The number of fused-ring (bicyclic) bond motifs is 1. The zero-order valence-corrected chi connectivity index (χ0v) is 12.2. The van der Waals surface area contributed by atoms with Crippen LogP contribution in [0.5, 0.6) is 0 Å². The molecule has 0 atom stereocenters. The maximum absolute atomic E-state index is 14.3. The highest BCUT2D eigenvalue weighted by Crippen LogP contribution is 2.27. The largest absolute Gasteiger partial charge is 0.293 e. The van der Waals surface area contributed by atoms with Gasteiger partial charge in [0, 0.05) is 12.3 Å². The van der Waals surface area contributed by atoms with Crippen LogP contribution < -0.4 is 0 Å². The molecular weight excluding hydrogens is 294 g/mol. The first kappa shape index (κ1) is 14.0. The Bertz CT molecular complexity index is 811. The van der Waals surface area contributed by atoms with Gasteiger partial charge in [-0.1, -0.05) is 18.2 Å². The van der Waals surface area contributed by atoms with Gasteiger partial charge in [0.05, 0.1) is 11.2 Å². The van der Waals surface area contributed by atoms with E-state index in [1.807, 2.05) is 31.2 Å². The number of halogens is 3. The smallest absolute Gasteiger partial charge is 0.185 e. The quantitative estimate of drug-likeness (QED) is 0.656. The maximum atomic E-state index is 14.3. The SMILES string of the molecule is Cc1ccccc1-n1c(CCCl)nc2ccc(F)c(F)c21. The molecule has 0 amide bonds. The molecule has 0 N–H and O–H groups in total. The maximum Gasteiger partial charge on any atom is 0.185 e. The second kappa shape index (κ2) is 5.45. The molecule has 1 heterocycles. The molecule has 0 radical (unpaired) electrons. The van der Waals surface area contributed by atoms with Crippen molar-refractivity contribution < 1.29 is 8.78 Å². The van der Waals surface area contributed by atoms with Gasteiger partial charge < -0.3 is 0 Å². The van der Waals surface area contributed by atoms with Crippen molar-refractivity contribution >= 4 is 22.6 Å². The van der Waals surface area contributed by atoms with E-state index in [-0.39, 0.29) is 5.52 Å². The van der Waals surface area contributed by atoms with Crippen LogP contribution in [0.3, 0.4) is 0 Å². The van der Waals surface area contributed by atoms with Crippen LogP contribution in [-0.2, 0) is 6.42 Å². The molecule has 3 aromatic rings. The van der Waals surface area contributed by atoms with Crippen LogP contribution in [-0.4, -0.2) is 15.4 Å². The van der Waals surface area contributed by atoms with E-state index >= 15 is 0 Å². The minimum absolute atomic E-state index is 0.157. The first-order chi connectivity index (χ1) is 10.1. The third kappa shape index (κ3) is 2.29. The van der Waals surface area contributed by atoms with E-state index in [4.69, 9.17) is 11.6 Å². The van der Waals surface area contributed by atoms with Gasteiger partial charge in [-0.15, -0.1) is 11.6 Å². The van der Waals surface area contributed by atoms with E-state index in [9.17, 15) is 8.78 Å². The average Bonchev–Trinajstić information content (AvgIpc) is 2.83. The van der Waals surface area contributed by atoms with Crippen LogP contribution in [0, 0.1) is 18.6 Å². The summed E-state index contributed by atoms with van der Waals surface area (Å²) in [4.78, 5) is 4.39. The Kier molecular flexibility index (Phi) is 3.64. The molecule has 5 heteroatoms. The third-order valence-corrected chi connectivity index (χ3v) is 3.64. The Balaban J connectivity index is 2.40. The molecule has 2 aromatic carbocycles. The average molecular weight is 307 g/mol. The number of benzene rings is 2. The standard InChI is InChI=1S/C16H13ClF2N2/c1-10-4-2-3-5-13(10)21-14(8-9-17)20-12-7-6-11(18)15(19)16(12)21/h2-7H,8-9H2,1H3. The van der Waals surface area contributed by atoms with Crippen LogP contribution in [0.15, 0.2) is 36.4 Å². The number of alkyl halides is 1. The summed E-state index contributed by atoms with van der Waals surface area (Å²) in [6.45, 7) is 1.92. The number of para-hydroxylation sites is 1. The van der Waals surface area contributed by atoms with Gasteiger partial charge >= 0.3 is 0 Å². The Labute approximate surface area is 126 Å². The lowest BCUT2D eigenvalue weighted by atomic mass is 10.2. The van der Waals surface area contributed by atoms with Crippen LogP contribution in [0.1, 0.15) is 11.4 Å². The zero-order chi connectivity index (χ0) is 15.0. The van der Waals surface area contributed by atoms with Crippen LogP contribution in [0.2, 0.25) is 0 Å². The molecule has 1 aromatic heterocycles. The van der Waals surface area contributed by atoms with Gasteiger partial charge in [-0.25, -0.2) is 13.8 Å². The van der Waals surface area contributed by atoms with Gasteiger partial charge in [-0.2, -0.15) is 0 Å².